The van der Waals surface area contributed by atoms with E-state index in [1.165, 1.54) is 6.42 Å². The Morgan fingerprint density at radius 2 is 1.71 bits per heavy atom. The van der Waals surface area contributed by atoms with E-state index in [2.05, 4.69) is 51.8 Å². The van der Waals surface area contributed by atoms with Crippen LogP contribution in [0.5, 0.6) is 0 Å². The van der Waals surface area contributed by atoms with Crippen molar-refractivity contribution in [3.63, 3.8) is 0 Å². The molecule has 0 saturated carbocycles. The molecule has 0 bridgehead atoms. The number of morpholine rings is 1. The molecule has 0 aliphatic carbocycles. The number of hydrogen-bond donors (Lipinski definition) is 1. The number of hydrogen-bond acceptors (Lipinski definition) is 3. The molecule has 1 aliphatic heterocycles. The molecule has 17 heavy (non-hydrogen) atoms. The maximum atomic E-state index is 6.11. The number of rotatable bonds is 5. The summed E-state index contributed by atoms with van der Waals surface area (Å²) in [4.78, 5) is 2.57. The van der Waals surface area contributed by atoms with Gasteiger partial charge in [0.25, 0.3) is 0 Å². The van der Waals surface area contributed by atoms with Crippen LogP contribution in [0.3, 0.4) is 0 Å². The number of ether oxygens (including phenoxy) is 1. The zero-order valence-corrected chi connectivity index (χ0v) is 12.5. The summed E-state index contributed by atoms with van der Waals surface area (Å²) < 4.78 is 6.11. The third-order valence-electron chi connectivity index (χ3n) is 3.33. The van der Waals surface area contributed by atoms with Crippen LogP contribution >= 0.6 is 0 Å². The Morgan fingerprint density at radius 1 is 1.18 bits per heavy atom. The van der Waals surface area contributed by atoms with Gasteiger partial charge in [0, 0.05) is 19.1 Å². The molecule has 0 radical (unpaired) electrons. The van der Waals surface area contributed by atoms with E-state index >= 15 is 0 Å². The SMILES string of the molecule is CCNCCC(C)N1CC(C)(C)OC(C)(C)C1. The van der Waals surface area contributed by atoms with Gasteiger partial charge in [0.15, 0.2) is 0 Å². The first-order chi connectivity index (χ1) is 7.76. The van der Waals surface area contributed by atoms with Crippen LogP contribution in [0.25, 0.3) is 0 Å². The van der Waals surface area contributed by atoms with Gasteiger partial charge >= 0.3 is 0 Å². The van der Waals surface area contributed by atoms with Crippen LogP contribution in [-0.4, -0.2) is 48.3 Å². The maximum Gasteiger partial charge on any atom is 0.0760 e. The Morgan fingerprint density at radius 3 is 2.18 bits per heavy atom. The van der Waals surface area contributed by atoms with Crippen molar-refractivity contribution < 1.29 is 4.74 Å². The molecular formula is C14H30N2O. The highest BCUT2D eigenvalue weighted by atomic mass is 16.5. The quantitative estimate of drug-likeness (QED) is 0.749. The molecule has 0 spiro atoms. The monoisotopic (exact) mass is 242 g/mol. The van der Waals surface area contributed by atoms with Crippen molar-refractivity contribution in [1.29, 1.82) is 0 Å². The van der Waals surface area contributed by atoms with Crippen LogP contribution < -0.4 is 5.32 Å². The predicted molar refractivity (Wildman–Crippen MR) is 73.4 cm³/mol. The van der Waals surface area contributed by atoms with E-state index in [-0.39, 0.29) is 11.2 Å². The summed E-state index contributed by atoms with van der Waals surface area (Å²) in [5, 5.41) is 3.40. The minimum Gasteiger partial charge on any atom is -0.367 e. The lowest BCUT2D eigenvalue weighted by Crippen LogP contribution is -2.59. The molecule has 3 nitrogen and oxygen atoms in total. The van der Waals surface area contributed by atoms with Gasteiger partial charge in [-0.15, -0.1) is 0 Å². The Kier molecular flexibility index (Phi) is 4.99. The second-order valence-electron chi connectivity index (χ2n) is 6.52. The van der Waals surface area contributed by atoms with Crippen LogP contribution in [0.1, 0.15) is 48.0 Å². The Labute approximate surface area is 107 Å². The van der Waals surface area contributed by atoms with Crippen molar-refractivity contribution in [2.45, 2.75) is 65.2 Å². The van der Waals surface area contributed by atoms with Crippen molar-refractivity contribution in [2.24, 2.45) is 0 Å². The van der Waals surface area contributed by atoms with E-state index in [4.69, 9.17) is 4.74 Å². The van der Waals surface area contributed by atoms with Crippen LogP contribution in [0, 0.1) is 0 Å². The zero-order valence-electron chi connectivity index (χ0n) is 12.5. The predicted octanol–water partition coefficient (Wildman–Crippen LogP) is 2.26. The number of nitrogens with zero attached hydrogens (tertiary/aromatic N) is 1. The van der Waals surface area contributed by atoms with Crippen LogP contribution in [0.15, 0.2) is 0 Å². The highest BCUT2D eigenvalue weighted by Gasteiger charge is 2.39. The average Bonchev–Trinajstić information content (AvgIpc) is 2.13. The minimum absolute atomic E-state index is 0.0335. The lowest BCUT2D eigenvalue weighted by molar-refractivity contribution is -0.186. The molecule has 1 aliphatic rings. The summed E-state index contributed by atoms with van der Waals surface area (Å²) in [7, 11) is 0. The summed E-state index contributed by atoms with van der Waals surface area (Å²) in [6, 6.07) is 0.622. The molecule has 1 unspecified atom stereocenters. The summed E-state index contributed by atoms with van der Waals surface area (Å²) in [6.07, 6.45) is 1.21. The fourth-order valence-electron chi connectivity index (χ4n) is 2.83. The molecule has 0 amide bonds. The Hall–Kier alpha value is -0.120. The van der Waals surface area contributed by atoms with Crippen LogP contribution in [0.4, 0.5) is 0 Å². The van der Waals surface area contributed by atoms with E-state index in [1.807, 2.05) is 0 Å². The fourth-order valence-corrected chi connectivity index (χ4v) is 2.83. The van der Waals surface area contributed by atoms with Gasteiger partial charge < -0.3 is 10.1 Å². The van der Waals surface area contributed by atoms with E-state index in [9.17, 15) is 0 Å². The molecule has 0 aromatic heterocycles. The van der Waals surface area contributed by atoms with Gasteiger partial charge in [-0.25, -0.2) is 0 Å². The summed E-state index contributed by atoms with van der Waals surface area (Å²) >= 11 is 0. The van der Waals surface area contributed by atoms with Crippen molar-refractivity contribution in [3.8, 4) is 0 Å². The molecule has 0 aromatic carbocycles. The summed E-state index contributed by atoms with van der Waals surface area (Å²) in [6.45, 7) is 17.5. The summed E-state index contributed by atoms with van der Waals surface area (Å²) in [5.74, 6) is 0. The number of nitrogens with one attached hydrogen (secondary N) is 1. The van der Waals surface area contributed by atoms with Gasteiger partial charge in [0.1, 0.15) is 0 Å². The zero-order chi connectivity index (χ0) is 13.1. The topological polar surface area (TPSA) is 24.5 Å². The largest absolute Gasteiger partial charge is 0.367 e. The van der Waals surface area contributed by atoms with Crippen LogP contribution in [-0.2, 0) is 4.74 Å². The molecule has 1 rings (SSSR count). The molecular weight excluding hydrogens is 212 g/mol. The lowest BCUT2D eigenvalue weighted by Gasteiger charge is -2.49. The average molecular weight is 242 g/mol. The highest BCUT2D eigenvalue weighted by Crippen LogP contribution is 2.29. The maximum absolute atomic E-state index is 6.11. The first kappa shape index (κ1) is 14.9. The molecule has 1 fully saturated rings. The van der Waals surface area contributed by atoms with E-state index in [0.29, 0.717) is 6.04 Å². The van der Waals surface area contributed by atoms with Gasteiger partial charge in [0.05, 0.1) is 11.2 Å². The molecule has 1 N–H and O–H groups in total. The van der Waals surface area contributed by atoms with Gasteiger partial charge in [0.2, 0.25) is 0 Å². The molecule has 1 saturated heterocycles. The minimum atomic E-state index is -0.0335. The van der Waals surface area contributed by atoms with Crippen molar-refractivity contribution in [3.05, 3.63) is 0 Å². The van der Waals surface area contributed by atoms with Crippen molar-refractivity contribution in [1.82, 2.24) is 10.2 Å². The van der Waals surface area contributed by atoms with Crippen molar-refractivity contribution >= 4 is 0 Å². The van der Waals surface area contributed by atoms with Crippen LogP contribution in [0.2, 0.25) is 0 Å². The highest BCUT2D eigenvalue weighted by molar-refractivity contribution is 4.91. The molecule has 102 valence electrons. The third kappa shape index (κ3) is 4.94. The van der Waals surface area contributed by atoms with E-state index < -0.39 is 0 Å². The van der Waals surface area contributed by atoms with Gasteiger partial charge in [-0.2, -0.15) is 0 Å². The third-order valence-corrected chi connectivity index (χ3v) is 3.33. The van der Waals surface area contributed by atoms with E-state index in [1.54, 1.807) is 0 Å². The first-order valence-corrected chi connectivity index (χ1v) is 6.91. The van der Waals surface area contributed by atoms with Gasteiger partial charge in [-0.05, 0) is 54.1 Å². The second-order valence-corrected chi connectivity index (χ2v) is 6.52. The molecule has 3 heteroatoms. The van der Waals surface area contributed by atoms with Gasteiger partial charge in [-0.3, -0.25) is 4.90 Å². The smallest absolute Gasteiger partial charge is 0.0760 e. The normalized spacial score (nSPS) is 25.8. The first-order valence-electron chi connectivity index (χ1n) is 6.91. The second kappa shape index (κ2) is 5.68. The van der Waals surface area contributed by atoms with Gasteiger partial charge in [-0.1, -0.05) is 6.92 Å². The molecule has 1 heterocycles. The Balaban J connectivity index is 2.52. The standard InChI is InChI=1S/C14H30N2O/c1-7-15-9-8-12(2)16-10-13(3,4)17-14(5,6)11-16/h12,15H,7-11H2,1-6H3. The Bertz CT molecular complexity index is 222. The molecule has 1 atom stereocenters. The van der Waals surface area contributed by atoms with Crippen molar-refractivity contribution in [2.75, 3.05) is 26.2 Å². The van der Waals surface area contributed by atoms with E-state index in [0.717, 1.165) is 26.2 Å². The lowest BCUT2D eigenvalue weighted by atomic mass is 9.97. The molecule has 0 aromatic rings. The summed E-state index contributed by atoms with van der Waals surface area (Å²) in [5.41, 5.74) is -0.0671. The fraction of sp³-hybridized carbons (Fsp3) is 1.00.